The number of aliphatic hydroxyl groups is 2. The van der Waals surface area contributed by atoms with E-state index >= 15 is 0 Å². The maximum Gasteiger partial charge on any atom is 0.246 e. The first-order chi connectivity index (χ1) is 54.5. The first-order valence-electron chi connectivity index (χ1n) is 38.3. The van der Waals surface area contributed by atoms with Gasteiger partial charge in [-0.2, -0.15) is 0 Å². The van der Waals surface area contributed by atoms with Gasteiger partial charge in [0.05, 0.1) is 56.6 Å². The minimum absolute atomic E-state index is 0.0114. The van der Waals surface area contributed by atoms with Gasteiger partial charge in [0.1, 0.15) is 58.7 Å². The Morgan fingerprint density at radius 2 is 0.939 bits per heavy atom. The first kappa shape index (κ1) is 84.0. The van der Waals surface area contributed by atoms with Gasteiger partial charge in [0.15, 0.2) is 0 Å². The molecular formula is C87H101N11O14S2. The molecule has 4 aromatic carbocycles. The van der Waals surface area contributed by atoms with Gasteiger partial charge in [0, 0.05) is 131 Å². The Balaban J connectivity index is 0.000000226. The van der Waals surface area contributed by atoms with E-state index < -0.39 is 76.9 Å². The Morgan fingerprint density at radius 3 is 1.37 bits per heavy atom. The Kier molecular flexibility index (Phi) is 28.2. The summed E-state index contributed by atoms with van der Waals surface area (Å²) in [7, 11) is 0. The third-order valence-corrected chi connectivity index (χ3v) is 22.2. The number of thiophene rings is 2. The minimum Gasteiger partial charge on any atom is -0.460 e. The molecule has 10 atom stereocenters. The summed E-state index contributed by atoms with van der Waals surface area (Å²) in [5.41, 5.74) is 18.6. The molecular weight excluding hydrogens is 1490 g/mol. The summed E-state index contributed by atoms with van der Waals surface area (Å²) in [5.74, 6) is -2.04. The zero-order valence-corrected chi connectivity index (χ0v) is 67.0. The van der Waals surface area contributed by atoms with E-state index in [-0.39, 0.29) is 126 Å². The van der Waals surface area contributed by atoms with Gasteiger partial charge in [0.25, 0.3) is 0 Å². The largest absolute Gasteiger partial charge is 0.460 e. The number of nitrogens with one attached hydrogen (secondary N) is 5. The molecule has 0 aliphatic carbocycles. The zero-order chi connectivity index (χ0) is 81.4. The summed E-state index contributed by atoms with van der Waals surface area (Å²) in [6, 6.07) is 41.0. The smallest absolute Gasteiger partial charge is 0.246 e. The van der Waals surface area contributed by atoms with Crippen LogP contribution < -0.4 is 38.1 Å². The lowest BCUT2D eigenvalue weighted by Gasteiger charge is -2.35. The van der Waals surface area contributed by atoms with Gasteiger partial charge in [-0.05, 0) is 101 Å². The highest BCUT2D eigenvalue weighted by Crippen LogP contribution is 2.37. The lowest BCUT2D eigenvalue weighted by Crippen LogP contribution is -2.58. The van der Waals surface area contributed by atoms with Crippen LogP contribution in [0.1, 0.15) is 158 Å². The molecule has 6 aromatic heterocycles. The van der Waals surface area contributed by atoms with Crippen molar-refractivity contribution in [2.75, 3.05) is 51.0 Å². The van der Waals surface area contributed by atoms with Crippen molar-refractivity contribution in [3.05, 3.63) is 215 Å². The SMILES string of the molecule is C[C@@H](NC(=O)[C@@H]1C[C@@H](O)CN1C(=O)[C@@H](NC(=O)CCC(=O)CC(c1cccnc1)c1cc2ccccc2o1)C(C)(C)C)c1ccc(-c2cc(N)cs2)cc1.C[C@@H](NC(=O)[C@@H]1C[C@@H](O)CN1C(=O)[C@@H](NC(=O)CCOCCOCCC(=O)NC(c1cccnc1)c1cc2ccccc2o1)C(C)(C)C)c1ccc(-c2cc(N)cs2)cc1. The van der Waals surface area contributed by atoms with E-state index in [2.05, 4.69) is 36.6 Å². The Morgan fingerprint density at radius 1 is 0.509 bits per heavy atom. The molecule has 0 spiro atoms. The van der Waals surface area contributed by atoms with Gasteiger partial charge in [-0.25, -0.2) is 0 Å². The summed E-state index contributed by atoms with van der Waals surface area (Å²) in [4.78, 5) is 121. The molecule has 0 bridgehead atoms. The highest BCUT2D eigenvalue weighted by atomic mass is 32.1. The number of hydrogen-bond donors (Lipinski definition) is 9. The van der Waals surface area contributed by atoms with E-state index in [1.807, 2.05) is 206 Å². The summed E-state index contributed by atoms with van der Waals surface area (Å²) >= 11 is 3.11. The number of aliphatic hydroxyl groups excluding tert-OH is 2. The monoisotopic (exact) mass is 1590 g/mol. The number of hydrogen-bond acceptors (Lipinski definition) is 20. The molecule has 25 nitrogen and oxygen atoms in total. The third kappa shape index (κ3) is 22.3. The van der Waals surface area contributed by atoms with Crippen LogP contribution in [0.25, 0.3) is 42.8 Å². The Hall–Kier alpha value is -10.9. The molecule has 12 rings (SSSR count). The van der Waals surface area contributed by atoms with Gasteiger partial charge < -0.3 is 76.4 Å². The van der Waals surface area contributed by atoms with Crippen LogP contribution in [0.2, 0.25) is 0 Å². The van der Waals surface area contributed by atoms with Crippen LogP contribution in [0.3, 0.4) is 0 Å². The van der Waals surface area contributed by atoms with Crippen molar-refractivity contribution < 1.29 is 66.9 Å². The van der Waals surface area contributed by atoms with Crippen LogP contribution in [0, 0.1) is 10.8 Å². The lowest BCUT2D eigenvalue weighted by molar-refractivity contribution is -0.144. The minimum atomic E-state index is -1.00. The van der Waals surface area contributed by atoms with E-state index in [1.54, 1.807) is 53.5 Å². The molecule has 2 saturated heterocycles. The maximum absolute atomic E-state index is 14.1. The summed E-state index contributed by atoms with van der Waals surface area (Å²) in [6.45, 7) is 15.3. The van der Waals surface area contributed by atoms with Crippen molar-refractivity contribution >= 4 is 103 Å². The molecule has 114 heavy (non-hydrogen) atoms. The molecule has 2 fully saturated rings. The van der Waals surface area contributed by atoms with Gasteiger partial charge in [-0.15, -0.1) is 22.7 Å². The van der Waals surface area contributed by atoms with E-state index in [0.717, 1.165) is 65.1 Å². The average molecular weight is 1590 g/mol. The van der Waals surface area contributed by atoms with Crippen LogP contribution in [0.15, 0.2) is 190 Å². The average Bonchev–Trinajstić information content (AvgIpc) is 1.58. The van der Waals surface area contributed by atoms with Crippen molar-refractivity contribution in [1.82, 2.24) is 46.4 Å². The van der Waals surface area contributed by atoms with Gasteiger partial charge >= 0.3 is 0 Å². The fourth-order valence-electron chi connectivity index (χ4n) is 14.0. The van der Waals surface area contributed by atoms with Crippen molar-refractivity contribution in [3.8, 4) is 20.9 Å². The molecule has 600 valence electrons. The maximum atomic E-state index is 14.1. The van der Waals surface area contributed by atoms with Crippen LogP contribution in [-0.4, -0.2) is 153 Å². The fourth-order valence-corrected chi connectivity index (χ4v) is 15.6. The van der Waals surface area contributed by atoms with Crippen LogP contribution in [0.4, 0.5) is 11.4 Å². The molecule has 8 heterocycles. The van der Waals surface area contributed by atoms with Gasteiger partial charge in [0.2, 0.25) is 41.4 Å². The van der Waals surface area contributed by atoms with Gasteiger partial charge in [-0.3, -0.25) is 48.3 Å². The van der Waals surface area contributed by atoms with E-state index in [1.165, 1.54) is 9.80 Å². The number of ketones is 1. The number of β-amino-alcohol motifs (C(OH)–C–C–N with tert-alkyl or cyclic N) is 2. The molecule has 27 heteroatoms. The topological polar surface area (TPSA) is 366 Å². The number of pyridine rings is 2. The molecule has 2 aliphatic rings. The van der Waals surface area contributed by atoms with E-state index in [4.69, 9.17) is 29.8 Å². The number of nitrogens with zero attached hydrogens (tertiary/aromatic N) is 4. The first-order valence-corrected chi connectivity index (χ1v) is 40.1. The van der Waals surface area contributed by atoms with Crippen molar-refractivity contribution in [3.63, 3.8) is 0 Å². The number of Topliss-reactive ketones (excluding diaryl/α,β-unsaturated/α-hetero) is 1. The number of carbonyl (C=O) groups is 8. The lowest BCUT2D eigenvalue weighted by atomic mass is 9.85. The Labute approximate surface area is 671 Å². The Bertz CT molecular complexity index is 4870. The summed E-state index contributed by atoms with van der Waals surface area (Å²) in [5, 5.41) is 41.6. The van der Waals surface area contributed by atoms with E-state index in [0.29, 0.717) is 22.9 Å². The normalized spacial score (nSPS) is 17.2. The number of fused-ring (bicyclic) bond motifs is 2. The van der Waals surface area contributed by atoms with Crippen molar-refractivity contribution in [2.45, 2.75) is 161 Å². The molecule has 0 saturated carbocycles. The highest BCUT2D eigenvalue weighted by molar-refractivity contribution is 7.14. The number of nitrogens with two attached hydrogens (primary N) is 2. The van der Waals surface area contributed by atoms with Crippen LogP contribution in [0.5, 0.6) is 0 Å². The number of carbonyl (C=O) groups excluding carboxylic acids is 8. The number of furan rings is 2. The van der Waals surface area contributed by atoms with Crippen LogP contribution >= 0.6 is 22.7 Å². The molecule has 10 aromatic rings. The predicted octanol–water partition coefficient (Wildman–Crippen LogP) is 11.9. The molecule has 0 radical (unpaired) electrons. The number of nitrogen functional groups attached to an aromatic ring is 2. The molecule has 7 amide bonds. The number of amides is 7. The molecule has 2 unspecified atom stereocenters. The van der Waals surface area contributed by atoms with Crippen LogP contribution in [-0.2, 0) is 47.8 Å². The van der Waals surface area contributed by atoms with Crippen molar-refractivity contribution in [1.29, 1.82) is 0 Å². The quantitative estimate of drug-likeness (QED) is 0.0182. The number of ether oxygens (including phenoxy) is 2. The number of likely N-dealkylation sites (tertiary alicyclic amines) is 2. The highest BCUT2D eigenvalue weighted by Gasteiger charge is 2.47. The second-order valence-corrected chi connectivity index (χ2v) is 33.0. The standard InChI is InChI=1S/C45H54N6O8S.C42H47N5O6S/c1-28(29-11-13-30(14-12-29)38-23-33(46)27-60-38)48-43(55)35-24-34(52)26-51(35)44(56)42(45(2,3)4)50-40(54)16-19-58-21-20-57-18-15-39(53)49-41(32-9-7-17-47-25-32)37-22-31-8-5-6-10-36(31)59-37;1-25(26-11-13-27(14-12-26)37-19-30(43)24-54-37)45-40(51)34-21-32(49)23-47(34)41(52)39(42(2,3)4)46-38(50)16-15-31(48)20-33(29-9-7-17-44-22-29)36-18-28-8-5-6-10-35(28)53-36/h5-14,17,22-23,25,27-28,34-35,41-42,52H,15-16,18-21,24,26,46H2,1-4H3,(H,48,55)(H,49,53)(H,50,54);5-14,17-19,22,24-25,32-34,39,49H,15-16,20-21,23,43H2,1-4H3,(H,45,51)(H,46,50)/t28-,34-,35+,41?,42-;25-,32-,33?,34+,39-/m11/s1. The van der Waals surface area contributed by atoms with Gasteiger partial charge in [-0.1, -0.05) is 139 Å². The predicted molar refractivity (Wildman–Crippen MR) is 439 cm³/mol. The number of anilines is 2. The second-order valence-electron chi connectivity index (χ2n) is 31.2. The second kappa shape index (κ2) is 38.3. The van der Waals surface area contributed by atoms with Crippen molar-refractivity contribution in [2.24, 2.45) is 10.8 Å². The number of para-hydroxylation sites is 2. The number of benzene rings is 4. The summed E-state index contributed by atoms with van der Waals surface area (Å²) in [6.07, 6.45) is 5.16. The fraction of sp³-hybridized carbons (Fsp3) is 0.379. The zero-order valence-electron chi connectivity index (χ0n) is 65.3. The number of rotatable bonds is 31. The number of aromatic nitrogens is 2. The molecule has 11 N–H and O–H groups in total. The molecule has 2 aliphatic heterocycles. The summed E-state index contributed by atoms with van der Waals surface area (Å²) < 4.78 is 23.4. The van der Waals surface area contributed by atoms with E-state index in [9.17, 15) is 48.6 Å². The third-order valence-electron chi connectivity index (χ3n) is 20.2.